The van der Waals surface area contributed by atoms with Crippen molar-refractivity contribution in [2.75, 3.05) is 33.4 Å². The van der Waals surface area contributed by atoms with Crippen LogP contribution in [0.25, 0.3) is 0 Å². The number of hydrogen-bond acceptors (Lipinski definition) is 7. The van der Waals surface area contributed by atoms with Crippen LogP contribution in [0.4, 0.5) is 0 Å². The lowest BCUT2D eigenvalue weighted by molar-refractivity contribution is -0.258. The maximum absolute atomic E-state index is 12.9. The SMILES string of the molecule is COc1ccc([C@@H]2OCC(C)(C)C(C(=O)NCCC(O)C(=O)NCCOc3ccccc3)O2)cc1. The van der Waals surface area contributed by atoms with Crippen molar-refractivity contribution in [1.82, 2.24) is 10.6 Å². The summed E-state index contributed by atoms with van der Waals surface area (Å²) in [5.74, 6) is 0.585. The molecule has 2 unspecified atom stereocenters. The third-order valence-electron chi connectivity index (χ3n) is 5.64. The van der Waals surface area contributed by atoms with E-state index in [0.717, 1.165) is 5.56 Å². The highest BCUT2D eigenvalue weighted by atomic mass is 16.7. The fraction of sp³-hybridized carbons (Fsp3) is 0.462. The van der Waals surface area contributed by atoms with Crippen LogP contribution in [0.15, 0.2) is 54.6 Å². The van der Waals surface area contributed by atoms with Gasteiger partial charge in [0.1, 0.15) is 30.3 Å². The first-order valence-electron chi connectivity index (χ1n) is 11.6. The van der Waals surface area contributed by atoms with Crippen molar-refractivity contribution in [3.05, 3.63) is 60.2 Å². The predicted octanol–water partition coefficient (Wildman–Crippen LogP) is 2.20. The van der Waals surface area contributed by atoms with Crippen LogP contribution in [0.5, 0.6) is 11.5 Å². The lowest BCUT2D eigenvalue weighted by atomic mass is 9.85. The van der Waals surface area contributed by atoms with Gasteiger partial charge in [0.15, 0.2) is 6.29 Å². The summed E-state index contributed by atoms with van der Waals surface area (Å²) in [6.07, 6.45) is -2.62. The molecular weight excluding hydrogens is 452 g/mol. The van der Waals surface area contributed by atoms with Gasteiger partial charge in [-0.05, 0) is 30.7 Å². The van der Waals surface area contributed by atoms with E-state index < -0.39 is 29.8 Å². The molecule has 35 heavy (non-hydrogen) atoms. The average molecular weight is 487 g/mol. The lowest BCUT2D eigenvalue weighted by Crippen LogP contribution is -2.52. The second-order valence-corrected chi connectivity index (χ2v) is 8.97. The molecule has 0 spiro atoms. The molecule has 1 fully saturated rings. The molecule has 0 aliphatic carbocycles. The van der Waals surface area contributed by atoms with E-state index in [-0.39, 0.29) is 32.0 Å². The van der Waals surface area contributed by atoms with Gasteiger partial charge in [-0.25, -0.2) is 0 Å². The standard InChI is InChI=1S/C26H34N2O7/c1-26(2)17-34-25(18-9-11-19(32-3)12-10-18)35-22(26)24(31)27-14-13-21(29)23(30)28-15-16-33-20-7-5-4-6-8-20/h4-12,21-22,25,29H,13-17H2,1-3H3,(H,27,31)(H,28,30)/t21?,22?,25-/m1/s1. The molecule has 0 aromatic heterocycles. The van der Waals surface area contributed by atoms with Crippen molar-refractivity contribution in [2.45, 2.75) is 38.8 Å². The molecule has 0 bridgehead atoms. The first kappa shape index (κ1) is 26.5. The zero-order valence-electron chi connectivity index (χ0n) is 20.4. The van der Waals surface area contributed by atoms with Crippen LogP contribution in [0, 0.1) is 5.41 Å². The average Bonchev–Trinajstić information content (AvgIpc) is 2.87. The van der Waals surface area contributed by atoms with Gasteiger partial charge in [-0.1, -0.05) is 44.2 Å². The quantitative estimate of drug-likeness (QED) is 0.417. The summed E-state index contributed by atoms with van der Waals surface area (Å²) in [5.41, 5.74) is 0.226. The molecule has 0 saturated carbocycles. The minimum atomic E-state index is -1.25. The molecule has 1 aliphatic rings. The normalized spacial score (nSPS) is 19.9. The van der Waals surface area contributed by atoms with E-state index in [2.05, 4.69) is 10.6 Å². The van der Waals surface area contributed by atoms with E-state index >= 15 is 0 Å². The molecule has 3 N–H and O–H groups in total. The molecule has 0 radical (unpaired) electrons. The van der Waals surface area contributed by atoms with Crippen molar-refractivity contribution in [3.63, 3.8) is 0 Å². The highest BCUT2D eigenvalue weighted by molar-refractivity contribution is 5.82. The number of methoxy groups -OCH3 is 1. The van der Waals surface area contributed by atoms with E-state index in [1.807, 2.05) is 56.3 Å². The number of amides is 2. The summed E-state index contributed by atoms with van der Waals surface area (Å²) in [7, 11) is 1.59. The maximum atomic E-state index is 12.9. The Morgan fingerprint density at radius 1 is 1.06 bits per heavy atom. The van der Waals surface area contributed by atoms with Crippen molar-refractivity contribution >= 4 is 11.8 Å². The number of ether oxygens (including phenoxy) is 4. The molecule has 1 aliphatic heterocycles. The monoisotopic (exact) mass is 486 g/mol. The molecule has 9 nitrogen and oxygen atoms in total. The summed E-state index contributed by atoms with van der Waals surface area (Å²) in [6, 6.07) is 16.5. The second-order valence-electron chi connectivity index (χ2n) is 8.97. The molecule has 3 rings (SSSR count). The van der Waals surface area contributed by atoms with Gasteiger partial charge in [-0.2, -0.15) is 0 Å². The van der Waals surface area contributed by atoms with Crippen LogP contribution in [-0.2, 0) is 19.1 Å². The van der Waals surface area contributed by atoms with Gasteiger partial charge in [-0.15, -0.1) is 0 Å². The topological polar surface area (TPSA) is 115 Å². The minimum absolute atomic E-state index is 0.0721. The summed E-state index contributed by atoms with van der Waals surface area (Å²) >= 11 is 0. The Hall–Kier alpha value is -3.14. The van der Waals surface area contributed by atoms with Crippen LogP contribution in [-0.4, -0.2) is 62.5 Å². The summed E-state index contributed by atoms with van der Waals surface area (Å²) in [4.78, 5) is 25.0. The first-order valence-corrected chi connectivity index (χ1v) is 11.6. The molecule has 2 aromatic carbocycles. The van der Waals surface area contributed by atoms with Crippen molar-refractivity contribution in [2.24, 2.45) is 5.41 Å². The Bertz CT molecular complexity index is 950. The van der Waals surface area contributed by atoms with Crippen LogP contribution in [0.1, 0.15) is 32.1 Å². The Morgan fingerprint density at radius 3 is 2.46 bits per heavy atom. The zero-order chi connectivity index (χ0) is 25.3. The van der Waals surface area contributed by atoms with E-state index in [4.69, 9.17) is 18.9 Å². The van der Waals surface area contributed by atoms with Crippen LogP contribution < -0.4 is 20.1 Å². The number of nitrogens with one attached hydrogen (secondary N) is 2. The Morgan fingerprint density at radius 2 is 1.77 bits per heavy atom. The predicted molar refractivity (Wildman–Crippen MR) is 129 cm³/mol. The highest BCUT2D eigenvalue weighted by Crippen LogP contribution is 2.36. The van der Waals surface area contributed by atoms with Gasteiger partial charge in [0.2, 0.25) is 11.8 Å². The fourth-order valence-corrected chi connectivity index (χ4v) is 3.60. The molecule has 1 heterocycles. The third kappa shape index (κ3) is 7.68. The molecule has 1 saturated heterocycles. The zero-order valence-corrected chi connectivity index (χ0v) is 20.4. The van der Waals surface area contributed by atoms with Gasteiger partial charge < -0.3 is 34.7 Å². The van der Waals surface area contributed by atoms with Crippen molar-refractivity contribution < 1.29 is 33.6 Å². The van der Waals surface area contributed by atoms with Gasteiger partial charge in [-0.3, -0.25) is 9.59 Å². The summed E-state index contributed by atoms with van der Waals surface area (Å²) in [6.45, 7) is 4.77. The van der Waals surface area contributed by atoms with E-state index in [1.54, 1.807) is 19.2 Å². The molecular formula is C26H34N2O7. The number of hydrogen-bond donors (Lipinski definition) is 3. The van der Waals surface area contributed by atoms with Gasteiger partial charge in [0.25, 0.3) is 0 Å². The van der Waals surface area contributed by atoms with Crippen LogP contribution in [0.3, 0.4) is 0 Å². The number of carbonyl (C=O) groups is 2. The number of aliphatic hydroxyl groups is 1. The van der Waals surface area contributed by atoms with Crippen molar-refractivity contribution in [3.8, 4) is 11.5 Å². The molecule has 2 amide bonds. The first-order chi connectivity index (χ1) is 16.8. The smallest absolute Gasteiger partial charge is 0.249 e. The Kier molecular flexibility index (Phi) is 9.47. The molecule has 190 valence electrons. The highest BCUT2D eigenvalue weighted by Gasteiger charge is 2.43. The van der Waals surface area contributed by atoms with E-state index in [1.165, 1.54) is 0 Å². The van der Waals surface area contributed by atoms with E-state index in [9.17, 15) is 14.7 Å². The number of rotatable bonds is 11. The largest absolute Gasteiger partial charge is 0.497 e. The van der Waals surface area contributed by atoms with Gasteiger partial charge in [0.05, 0.1) is 20.3 Å². The van der Waals surface area contributed by atoms with Crippen LogP contribution >= 0.6 is 0 Å². The van der Waals surface area contributed by atoms with Crippen molar-refractivity contribution in [1.29, 1.82) is 0 Å². The van der Waals surface area contributed by atoms with Gasteiger partial charge in [0, 0.05) is 17.5 Å². The number of para-hydroxylation sites is 1. The summed E-state index contributed by atoms with van der Waals surface area (Å²) in [5, 5.41) is 15.5. The Balaban J connectivity index is 1.41. The maximum Gasteiger partial charge on any atom is 0.249 e. The fourth-order valence-electron chi connectivity index (χ4n) is 3.60. The molecule has 2 aromatic rings. The summed E-state index contributed by atoms with van der Waals surface area (Å²) < 4.78 is 22.5. The molecule has 3 atom stereocenters. The second kappa shape index (κ2) is 12.5. The number of carbonyl (C=O) groups excluding carboxylic acids is 2. The minimum Gasteiger partial charge on any atom is -0.497 e. The van der Waals surface area contributed by atoms with Gasteiger partial charge >= 0.3 is 0 Å². The number of benzene rings is 2. The van der Waals surface area contributed by atoms with Crippen LogP contribution in [0.2, 0.25) is 0 Å². The lowest BCUT2D eigenvalue weighted by Gasteiger charge is -2.41. The van der Waals surface area contributed by atoms with E-state index in [0.29, 0.717) is 18.1 Å². The third-order valence-corrected chi connectivity index (χ3v) is 5.64. The Labute approximate surface area is 205 Å². The molecule has 9 heteroatoms. The number of aliphatic hydroxyl groups excluding tert-OH is 1.